The summed E-state index contributed by atoms with van der Waals surface area (Å²) in [6.45, 7) is 3.44. The van der Waals surface area contributed by atoms with E-state index in [1.54, 1.807) is 32.0 Å². The minimum Gasteiger partial charge on any atom is -0.461 e. The lowest BCUT2D eigenvalue weighted by molar-refractivity contribution is -0.155. The summed E-state index contributed by atoms with van der Waals surface area (Å²) in [5.74, 6) is 0.672. The maximum Gasteiger partial charge on any atom is 0.530 e. The number of carbonyl (C=O) groups is 1. The number of nitrogens with two attached hydrogens (primary N) is 1. The number of ether oxygens (including phenoxy) is 2. The molecule has 2 aromatic rings. The first-order valence-electron chi connectivity index (χ1n) is 11.6. The molecule has 0 aliphatic carbocycles. The number of phosphoric ester groups is 1. The average Bonchev–Trinajstić information content (AvgIpc) is 3.14. The van der Waals surface area contributed by atoms with Crippen LogP contribution in [0.2, 0.25) is 0 Å². The van der Waals surface area contributed by atoms with Crippen LogP contribution >= 0.6 is 31.0 Å². The molecule has 212 valence electrons. The molecule has 3 unspecified atom stereocenters. The first kappa shape index (κ1) is 30.8. The summed E-state index contributed by atoms with van der Waals surface area (Å²) in [7, 11) is -4.53. The molecule has 6 atom stereocenters. The second kappa shape index (κ2) is 13.1. The Bertz CT molecular complexity index is 1320. The van der Waals surface area contributed by atoms with E-state index in [0.29, 0.717) is 0 Å². The van der Waals surface area contributed by atoms with Crippen molar-refractivity contribution in [1.29, 1.82) is 0 Å². The molecule has 13 nitrogen and oxygen atoms in total. The smallest absolute Gasteiger partial charge is 0.461 e. The lowest BCUT2D eigenvalue weighted by atomic mass is 9.90. The molecule has 2 heterocycles. The van der Waals surface area contributed by atoms with Crippen molar-refractivity contribution < 1.29 is 37.5 Å². The van der Waals surface area contributed by atoms with Gasteiger partial charge >= 0.3 is 19.5 Å². The van der Waals surface area contributed by atoms with Gasteiger partial charge in [0.1, 0.15) is 11.6 Å². The quantitative estimate of drug-likeness (QED) is 0.166. The fourth-order valence-corrected chi connectivity index (χ4v) is 5.57. The Morgan fingerprint density at radius 3 is 2.62 bits per heavy atom. The third-order valence-corrected chi connectivity index (χ3v) is 7.50. The highest BCUT2D eigenvalue weighted by molar-refractivity contribution is 7.49. The summed E-state index contributed by atoms with van der Waals surface area (Å²) in [6.07, 6.45) is -3.25. The third-order valence-electron chi connectivity index (χ3n) is 5.37. The minimum atomic E-state index is -4.53. The Hall–Kier alpha value is -2.69. The van der Waals surface area contributed by atoms with Crippen molar-refractivity contribution >= 4 is 42.8 Å². The van der Waals surface area contributed by atoms with E-state index in [0.717, 1.165) is 10.9 Å². The van der Waals surface area contributed by atoms with Crippen LogP contribution in [0.5, 0.6) is 5.75 Å². The van der Waals surface area contributed by atoms with Crippen molar-refractivity contribution in [3.63, 3.8) is 0 Å². The Balaban J connectivity index is 1.90. The molecule has 0 radical (unpaired) electrons. The topological polar surface area (TPSA) is 174 Å². The second-order valence-electron chi connectivity index (χ2n) is 8.59. The number of nitrogen functional groups attached to an aromatic ring is 1. The van der Waals surface area contributed by atoms with Gasteiger partial charge in [-0.1, -0.05) is 35.7 Å². The average molecular weight is 605 g/mol. The number of aromatic nitrogens is 3. The molecule has 0 spiro atoms. The van der Waals surface area contributed by atoms with Crippen molar-refractivity contribution in [2.75, 3.05) is 18.9 Å². The number of hydrogen-bond acceptors (Lipinski definition) is 12. The number of para-hydroxylation sites is 1. The molecule has 39 heavy (non-hydrogen) atoms. The number of nitrogens with zero attached hydrogens (tertiary/aromatic N) is 3. The number of rotatable bonds is 11. The van der Waals surface area contributed by atoms with Crippen LogP contribution in [-0.2, 0) is 27.9 Å². The van der Waals surface area contributed by atoms with Gasteiger partial charge in [-0.3, -0.25) is 9.05 Å². The summed E-state index contributed by atoms with van der Waals surface area (Å²) in [5.41, 5.74) is 4.61. The van der Waals surface area contributed by atoms with Gasteiger partial charge < -0.3 is 24.8 Å². The van der Waals surface area contributed by atoms with E-state index in [1.807, 2.05) is 0 Å². The summed E-state index contributed by atoms with van der Waals surface area (Å²) < 4.78 is 42.0. The van der Waals surface area contributed by atoms with Crippen molar-refractivity contribution in [3.05, 3.63) is 47.0 Å². The van der Waals surface area contributed by atoms with E-state index in [9.17, 15) is 19.3 Å². The molecule has 0 bridgehead atoms. The number of anilines is 1. The molecule has 1 fully saturated rings. The van der Waals surface area contributed by atoms with E-state index in [-0.39, 0.29) is 11.6 Å². The van der Waals surface area contributed by atoms with Gasteiger partial charge in [-0.15, -0.1) is 0 Å². The normalized spacial score (nSPS) is 24.8. The van der Waals surface area contributed by atoms with Gasteiger partial charge in [-0.2, -0.15) is 14.8 Å². The molecular weight excluding hydrogens is 578 g/mol. The number of alkyl halides is 1. The van der Waals surface area contributed by atoms with Gasteiger partial charge in [0.15, 0.2) is 17.2 Å². The van der Waals surface area contributed by atoms with Gasteiger partial charge in [-0.05, 0) is 44.5 Å². The van der Waals surface area contributed by atoms with Crippen LogP contribution in [0.1, 0.15) is 27.0 Å². The number of esters is 1. The summed E-state index contributed by atoms with van der Waals surface area (Å²) in [6, 6.07) is 7.96. The van der Waals surface area contributed by atoms with E-state index in [1.165, 1.54) is 19.1 Å². The van der Waals surface area contributed by atoms with E-state index >= 15 is 0 Å². The Kier molecular flexibility index (Phi) is 10.4. The molecule has 3 N–H and O–H groups in total. The summed E-state index contributed by atoms with van der Waals surface area (Å²) in [5, 5.41) is 16.2. The highest BCUT2D eigenvalue weighted by Gasteiger charge is 2.57. The van der Waals surface area contributed by atoms with Crippen LogP contribution in [0.15, 0.2) is 41.3 Å². The summed E-state index contributed by atoms with van der Waals surface area (Å²) >= 11 is 12.4. The first-order valence-corrected chi connectivity index (χ1v) is 13.8. The second-order valence-corrected chi connectivity index (χ2v) is 11.0. The van der Waals surface area contributed by atoms with Gasteiger partial charge in [0.25, 0.3) is 0 Å². The lowest BCUT2D eigenvalue weighted by Gasteiger charge is -2.27. The molecular formula is C23H27Cl2N4O9P. The van der Waals surface area contributed by atoms with Crippen LogP contribution in [0.3, 0.4) is 0 Å². The molecule has 0 saturated carbocycles. The van der Waals surface area contributed by atoms with Crippen LogP contribution in [0.4, 0.5) is 5.82 Å². The number of halogens is 2. The van der Waals surface area contributed by atoms with E-state index < -0.39 is 68.0 Å². The zero-order chi connectivity index (χ0) is 28.8. The number of benzene rings is 1. The molecule has 1 aromatic carbocycles. The molecule has 1 aromatic heterocycles. The van der Waals surface area contributed by atoms with Crippen LogP contribution in [0.25, 0.3) is 0 Å². The monoisotopic (exact) mass is 604 g/mol. The molecule has 1 aliphatic heterocycles. The van der Waals surface area contributed by atoms with E-state index in [2.05, 4.69) is 21.4 Å². The third kappa shape index (κ3) is 7.49. The fraction of sp³-hybridized carbons (Fsp3) is 0.478. The maximum atomic E-state index is 13.7. The predicted octanol–water partition coefficient (Wildman–Crippen LogP) is 2.46. The van der Waals surface area contributed by atoms with Crippen LogP contribution in [-0.4, -0.2) is 62.2 Å². The first-order chi connectivity index (χ1) is 18.4. The highest BCUT2D eigenvalue weighted by Crippen LogP contribution is 2.53. The van der Waals surface area contributed by atoms with Crippen LogP contribution < -0.4 is 15.9 Å². The standard InChI is InChI=1S/C23H27Cl2N4O9P/c1-14(2)35-20(31)15(3)37-39(33,38-16-7-5-4-6-8-16)34-13-18-17(12-30)23(25,9-10-24)21(36-18)29-22(32)28-19(26)11-27-29/h4-8,11,14-15,17-18,21,30H,12-13H2,1-3H3,(H2,26,28,32)/t15-,17?,18+,21+,23?,39?/m0/s1. The number of aliphatic hydroxyl groups excluding tert-OH is 1. The van der Waals surface area contributed by atoms with Gasteiger partial charge in [-0.25, -0.2) is 14.2 Å². The van der Waals surface area contributed by atoms with Crippen molar-refractivity contribution in [1.82, 2.24) is 14.8 Å². The summed E-state index contributed by atoms with van der Waals surface area (Å²) in [4.78, 5) is 26.6. The van der Waals surface area contributed by atoms with Crippen molar-refractivity contribution in [2.24, 2.45) is 5.92 Å². The Morgan fingerprint density at radius 1 is 1.33 bits per heavy atom. The van der Waals surface area contributed by atoms with Crippen LogP contribution in [0, 0.1) is 17.2 Å². The number of carbonyl (C=O) groups excluding carboxylic acids is 1. The Labute approximate surface area is 234 Å². The number of hydrogen-bond donors (Lipinski definition) is 2. The SMILES string of the molecule is CC(C)OC(=O)[C@H](C)OP(=O)(OC[C@H]1O[C@@H](n2ncc(N)nc2=O)C(Cl)(C#CCl)C1CO)Oc1ccccc1. The lowest BCUT2D eigenvalue weighted by Crippen LogP contribution is -2.42. The zero-order valence-electron chi connectivity index (χ0n) is 21.1. The van der Waals surface area contributed by atoms with E-state index in [4.69, 9.17) is 52.0 Å². The van der Waals surface area contributed by atoms with Gasteiger partial charge in [0.2, 0.25) is 0 Å². The highest BCUT2D eigenvalue weighted by atomic mass is 35.5. The minimum absolute atomic E-state index is 0.123. The molecule has 3 rings (SSSR count). The molecule has 0 amide bonds. The molecule has 1 saturated heterocycles. The predicted molar refractivity (Wildman–Crippen MR) is 140 cm³/mol. The van der Waals surface area contributed by atoms with Crippen molar-refractivity contribution in [3.8, 4) is 17.0 Å². The van der Waals surface area contributed by atoms with Crippen molar-refractivity contribution in [2.45, 2.75) is 50.2 Å². The Morgan fingerprint density at radius 2 is 2.03 bits per heavy atom. The molecule has 16 heteroatoms. The zero-order valence-corrected chi connectivity index (χ0v) is 23.5. The number of aliphatic hydroxyl groups is 1. The maximum absolute atomic E-state index is 13.7. The van der Waals surface area contributed by atoms with Gasteiger partial charge in [0.05, 0.1) is 31.6 Å². The fourth-order valence-electron chi connectivity index (χ4n) is 3.62. The largest absolute Gasteiger partial charge is 0.530 e. The van der Waals surface area contributed by atoms with Gasteiger partial charge in [0, 0.05) is 11.3 Å². The number of phosphoric acid groups is 1. The molecule has 1 aliphatic rings.